The van der Waals surface area contributed by atoms with Gasteiger partial charge in [0.15, 0.2) is 17.1 Å². The molecule has 1 unspecified atom stereocenters. The zero-order chi connectivity index (χ0) is 17.6. The van der Waals surface area contributed by atoms with Gasteiger partial charge in [-0.2, -0.15) is 10.4 Å². The third kappa shape index (κ3) is 2.68. The SMILES string of the molecule is Cc1ccc(-n2nc(C#N)c3c(C4COC(C)(C)O4)ccnc32)cc1. The van der Waals surface area contributed by atoms with Crippen LogP contribution in [-0.4, -0.2) is 27.2 Å². The molecule has 0 saturated carbocycles. The Morgan fingerprint density at radius 1 is 1.24 bits per heavy atom. The van der Waals surface area contributed by atoms with Crippen LogP contribution in [0.5, 0.6) is 0 Å². The lowest BCUT2D eigenvalue weighted by molar-refractivity contribution is -0.138. The van der Waals surface area contributed by atoms with Crippen molar-refractivity contribution >= 4 is 11.0 Å². The number of benzene rings is 1. The number of aromatic nitrogens is 3. The van der Waals surface area contributed by atoms with Gasteiger partial charge in [0.2, 0.25) is 0 Å². The number of nitrogens with zero attached hydrogens (tertiary/aromatic N) is 4. The van der Waals surface area contributed by atoms with Crippen LogP contribution in [0.1, 0.15) is 36.8 Å². The van der Waals surface area contributed by atoms with E-state index in [1.54, 1.807) is 10.9 Å². The van der Waals surface area contributed by atoms with Crippen molar-refractivity contribution in [2.75, 3.05) is 6.61 Å². The van der Waals surface area contributed by atoms with Crippen LogP contribution in [-0.2, 0) is 9.47 Å². The lowest BCUT2D eigenvalue weighted by Gasteiger charge is -2.17. The molecule has 3 aromatic rings. The largest absolute Gasteiger partial charge is 0.347 e. The molecule has 0 aliphatic carbocycles. The highest BCUT2D eigenvalue weighted by Crippen LogP contribution is 2.37. The van der Waals surface area contributed by atoms with Crippen molar-refractivity contribution in [1.82, 2.24) is 14.8 Å². The van der Waals surface area contributed by atoms with E-state index in [2.05, 4.69) is 16.2 Å². The number of hydrogen-bond acceptors (Lipinski definition) is 5. The minimum Gasteiger partial charge on any atom is -0.347 e. The summed E-state index contributed by atoms with van der Waals surface area (Å²) in [4.78, 5) is 4.47. The molecular weight excluding hydrogens is 316 g/mol. The predicted octanol–water partition coefficient (Wildman–Crippen LogP) is 3.42. The molecule has 1 fully saturated rings. The summed E-state index contributed by atoms with van der Waals surface area (Å²) in [5.41, 5.74) is 3.89. The van der Waals surface area contributed by atoms with Gasteiger partial charge < -0.3 is 9.47 Å². The van der Waals surface area contributed by atoms with Crippen molar-refractivity contribution in [3.05, 3.63) is 53.3 Å². The molecule has 1 aliphatic rings. The fourth-order valence-corrected chi connectivity index (χ4v) is 3.12. The van der Waals surface area contributed by atoms with Crippen molar-refractivity contribution in [2.45, 2.75) is 32.7 Å². The lowest BCUT2D eigenvalue weighted by atomic mass is 10.1. The summed E-state index contributed by atoms with van der Waals surface area (Å²) < 4.78 is 13.4. The van der Waals surface area contributed by atoms with Gasteiger partial charge in [-0.3, -0.25) is 0 Å². The molecule has 2 aromatic heterocycles. The van der Waals surface area contributed by atoms with Crippen molar-refractivity contribution < 1.29 is 9.47 Å². The van der Waals surface area contributed by atoms with Gasteiger partial charge in [0.05, 0.1) is 17.7 Å². The highest BCUT2D eigenvalue weighted by molar-refractivity contribution is 5.86. The van der Waals surface area contributed by atoms with Crippen LogP contribution in [0.4, 0.5) is 0 Å². The second-order valence-corrected chi connectivity index (χ2v) is 6.62. The molecule has 25 heavy (non-hydrogen) atoms. The second kappa shape index (κ2) is 5.66. The fraction of sp³-hybridized carbons (Fsp3) is 0.316. The van der Waals surface area contributed by atoms with E-state index in [4.69, 9.17) is 9.47 Å². The normalized spacial score (nSPS) is 19.2. The molecule has 0 spiro atoms. The number of fused-ring (bicyclic) bond motifs is 1. The molecule has 0 amide bonds. The molecular formula is C19H18N4O2. The topological polar surface area (TPSA) is 73.0 Å². The molecule has 0 radical (unpaired) electrons. The summed E-state index contributed by atoms with van der Waals surface area (Å²) in [5, 5.41) is 14.8. The van der Waals surface area contributed by atoms with E-state index < -0.39 is 5.79 Å². The zero-order valence-electron chi connectivity index (χ0n) is 14.4. The van der Waals surface area contributed by atoms with E-state index in [0.29, 0.717) is 17.9 Å². The Kier molecular flexibility index (Phi) is 3.57. The molecule has 6 heteroatoms. The van der Waals surface area contributed by atoms with Gasteiger partial charge >= 0.3 is 0 Å². The van der Waals surface area contributed by atoms with E-state index in [1.807, 2.05) is 51.1 Å². The summed E-state index contributed by atoms with van der Waals surface area (Å²) in [7, 11) is 0. The standard InChI is InChI=1S/C19H18N4O2/c1-12-4-6-13(7-5-12)23-18-17(15(10-20)22-23)14(8-9-21-18)16-11-24-19(2,3)25-16/h4-9,16H,11H2,1-3H3. The Hall–Kier alpha value is -2.75. The molecule has 126 valence electrons. The smallest absolute Gasteiger partial charge is 0.172 e. The summed E-state index contributed by atoms with van der Waals surface area (Å²) >= 11 is 0. The maximum atomic E-state index is 9.58. The van der Waals surface area contributed by atoms with Gasteiger partial charge in [0.25, 0.3) is 0 Å². The van der Waals surface area contributed by atoms with E-state index in [9.17, 15) is 5.26 Å². The molecule has 1 atom stereocenters. The van der Waals surface area contributed by atoms with Crippen molar-refractivity contribution in [3.8, 4) is 11.8 Å². The Morgan fingerprint density at radius 3 is 2.64 bits per heavy atom. The molecule has 4 rings (SSSR count). The van der Waals surface area contributed by atoms with Crippen LogP contribution < -0.4 is 0 Å². The monoisotopic (exact) mass is 334 g/mol. The maximum absolute atomic E-state index is 9.58. The Morgan fingerprint density at radius 2 is 2.00 bits per heavy atom. The summed E-state index contributed by atoms with van der Waals surface area (Å²) in [6.45, 7) is 6.23. The molecule has 1 aliphatic heterocycles. The van der Waals surface area contributed by atoms with E-state index in [0.717, 1.165) is 22.2 Å². The highest BCUT2D eigenvalue weighted by atomic mass is 16.7. The number of ether oxygens (including phenoxy) is 2. The van der Waals surface area contributed by atoms with Crippen LogP contribution in [0, 0.1) is 18.3 Å². The minimum absolute atomic E-state index is 0.247. The van der Waals surface area contributed by atoms with Gasteiger partial charge in [-0.1, -0.05) is 17.7 Å². The van der Waals surface area contributed by atoms with Gasteiger partial charge in [0.1, 0.15) is 12.2 Å². The zero-order valence-corrected chi connectivity index (χ0v) is 14.4. The van der Waals surface area contributed by atoms with Crippen molar-refractivity contribution in [3.63, 3.8) is 0 Å². The van der Waals surface area contributed by atoms with Gasteiger partial charge in [-0.05, 0) is 44.5 Å². The van der Waals surface area contributed by atoms with E-state index >= 15 is 0 Å². The number of aryl methyl sites for hydroxylation is 1. The summed E-state index contributed by atoms with van der Waals surface area (Å²) in [6, 6.07) is 12.0. The maximum Gasteiger partial charge on any atom is 0.172 e. The van der Waals surface area contributed by atoms with Crippen LogP contribution in [0.3, 0.4) is 0 Å². The molecule has 0 N–H and O–H groups in total. The first-order valence-electron chi connectivity index (χ1n) is 8.15. The Bertz CT molecular complexity index is 983. The predicted molar refractivity (Wildman–Crippen MR) is 92.2 cm³/mol. The summed E-state index contributed by atoms with van der Waals surface area (Å²) in [6.07, 6.45) is 1.48. The molecule has 3 heterocycles. The quantitative estimate of drug-likeness (QED) is 0.718. The first kappa shape index (κ1) is 15.8. The van der Waals surface area contributed by atoms with Gasteiger partial charge in [0, 0.05) is 6.20 Å². The average Bonchev–Trinajstić information content (AvgIpc) is 3.15. The van der Waals surface area contributed by atoms with Crippen LogP contribution in [0.15, 0.2) is 36.5 Å². The van der Waals surface area contributed by atoms with Crippen LogP contribution in [0.25, 0.3) is 16.7 Å². The van der Waals surface area contributed by atoms with E-state index in [1.165, 1.54) is 0 Å². The van der Waals surface area contributed by atoms with Crippen molar-refractivity contribution in [2.24, 2.45) is 0 Å². The molecule has 1 saturated heterocycles. The van der Waals surface area contributed by atoms with E-state index in [-0.39, 0.29) is 6.10 Å². The Labute approximate surface area is 145 Å². The fourth-order valence-electron chi connectivity index (χ4n) is 3.12. The van der Waals surface area contributed by atoms with Crippen molar-refractivity contribution in [1.29, 1.82) is 5.26 Å². The molecule has 0 bridgehead atoms. The van der Waals surface area contributed by atoms with Crippen LogP contribution >= 0.6 is 0 Å². The first-order chi connectivity index (χ1) is 12.0. The average molecular weight is 334 g/mol. The number of rotatable bonds is 2. The second-order valence-electron chi connectivity index (χ2n) is 6.62. The molecule has 6 nitrogen and oxygen atoms in total. The van der Waals surface area contributed by atoms with Gasteiger partial charge in [-0.15, -0.1) is 0 Å². The number of hydrogen-bond donors (Lipinski definition) is 0. The first-order valence-corrected chi connectivity index (χ1v) is 8.15. The Balaban J connectivity index is 1.90. The minimum atomic E-state index is -0.639. The lowest BCUT2D eigenvalue weighted by Crippen LogP contribution is -2.19. The third-order valence-electron chi connectivity index (χ3n) is 4.34. The van der Waals surface area contributed by atoms with Gasteiger partial charge in [-0.25, -0.2) is 9.67 Å². The summed E-state index contributed by atoms with van der Waals surface area (Å²) in [5.74, 6) is -0.639. The highest BCUT2D eigenvalue weighted by Gasteiger charge is 2.35. The molecule has 1 aromatic carbocycles. The van der Waals surface area contributed by atoms with Crippen LogP contribution in [0.2, 0.25) is 0 Å². The number of pyridine rings is 1. The number of nitriles is 1. The third-order valence-corrected chi connectivity index (χ3v) is 4.34.